The predicted octanol–water partition coefficient (Wildman–Crippen LogP) is 1.73. The van der Waals surface area contributed by atoms with Gasteiger partial charge in [0.15, 0.2) is 0 Å². The minimum atomic E-state index is -0.691. The highest BCUT2D eigenvalue weighted by Crippen LogP contribution is 2.14. The molecule has 0 aromatic heterocycles. The molecule has 24 heavy (non-hydrogen) atoms. The Bertz CT molecular complexity index is 583. The summed E-state index contributed by atoms with van der Waals surface area (Å²) in [5.74, 6) is -0.447. The zero-order valence-corrected chi connectivity index (χ0v) is 14.6. The zero-order valence-electron chi connectivity index (χ0n) is 14.6. The molecule has 6 nitrogen and oxygen atoms in total. The minimum Gasteiger partial charge on any atom is -0.497 e. The van der Waals surface area contributed by atoms with Gasteiger partial charge in [-0.05, 0) is 30.7 Å². The molecule has 0 heterocycles. The maximum atomic E-state index is 12.4. The van der Waals surface area contributed by atoms with E-state index in [9.17, 15) is 14.7 Å². The van der Waals surface area contributed by atoms with Crippen LogP contribution in [0.15, 0.2) is 30.3 Å². The van der Waals surface area contributed by atoms with Crippen LogP contribution in [0, 0.1) is 5.92 Å². The van der Waals surface area contributed by atoms with Gasteiger partial charge in [0.05, 0.1) is 26.2 Å². The zero-order chi connectivity index (χ0) is 18.1. The lowest BCUT2D eigenvalue weighted by atomic mass is 10.1. The van der Waals surface area contributed by atoms with Gasteiger partial charge in [0.2, 0.25) is 5.91 Å². The second-order valence-electron chi connectivity index (χ2n) is 5.63. The number of benzene rings is 1. The Balaban J connectivity index is 2.82. The molecule has 0 bridgehead atoms. The number of nitrogens with zero attached hydrogens (tertiary/aromatic N) is 1. The van der Waals surface area contributed by atoms with Crippen molar-refractivity contribution in [3.8, 4) is 5.75 Å². The number of hydrogen-bond donors (Lipinski definition) is 1. The standard InChI is InChI=1S/C18H25NO5/c1-13(18(22)24-4)11-19(12-14(2)20)17(21)9-8-15-6-5-7-16(10-15)23-3/h5-10,13-14,20H,11-12H2,1-4H3/b9-8+. The summed E-state index contributed by atoms with van der Waals surface area (Å²) >= 11 is 0. The molecule has 0 saturated heterocycles. The third-order valence-electron chi connectivity index (χ3n) is 3.41. The number of esters is 1. The van der Waals surface area contributed by atoms with Gasteiger partial charge in [0, 0.05) is 19.2 Å². The van der Waals surface area contributed by atoms with E-state index in [1.807, 2.05) is 18.2 Å². The van der Waals surface area contributed by atoms with Gasteiger partial charge in [-0.15, -0.1) is 0 Å². The van der Waals surface area contributed by atoms with E-state index in [0.717, 1.165) is 5.56 Å². The average Bonchev–Trinajstić information content (AvgIpc) is 2.57. The summed E-state index contributed by atoms with van der Waals surface area (Å²) < 4.78 is 9.82. The summed E-state index contributed by atoms with van der Waals surface area (Å²) in [4.78, 5) is 25.4. The number of carbonyl (C=O) groups is 2. The van der Waals surface area contributed by atoms with Crippen LogP contribution in [0.4, 0.5) is 0 Å². The predicted molar refractivity (Wildman–Crippen MR) is 91.5 cm³/mol. The fraction of sp³-hybridized carbons (Fsp3) is 0.444. The molecule has 0 saturated carbocycles. The normalized spacial score (nSPS) is 13.4. The number of rotatable bonds is 8. The van der Waals surface area contributed by atoms with Gasteiger partial charge in [0.25, 0.3) is 0 Å². The summed E-state index contributed by atoms with van der Waals surface area (Å²) in [6.07, 6.45) is 2.40. The molecule has 1 rings (SSSR count). The van der Waals surface area contributed by atoms with E-state index in [-0.39, 0.29) is 19.0 Å². The molecular formula is C18H25NO5. The van der Waals surface area contributed by atoms with Crippen molar-refractivity contribution in [1.29, 1.82) is 0 Å². The van der Waals surface area contributed by atoms with Gasteiger partial charge in [0.1, 0.15) is 5.75 Å². The summed E-state index contributed by atoms with van der Waals surface area (Å²) in [6, 6.07) is 7.30. The van der Waals surface area contributed by atoms with E-state index in [0.29, 0.717) is 5.75 Å². The highest BCUT2D eigenvalue weighted by atomic mass is 16.5. The SMILES string of the molecule is COC(=O)C(C)CN(CC(C)O)C(=O)/C=C/c1cccc(OC)c1. The van der Waals surface area contributed by atoms with E-state index < -0.39 is 18.0 Å². The van der Waals surface area contributed by atoms with Crippen molar-refractivity contribution in [2.75, 3.05) is 27.3 Å². The first-order valence-electron chi connectivity index (χ1n) is 7.74. The molecule has 0 aliphatic carbocycles. The second kappa shape index (κ2) is 9.72. The Hall–Kier alpha value is -2.34. The van der Waals surface area contributed by atoms with Gasteiger partial charge in [-0.3, -0.25) is 9.59 Å². The number of carbonyl (C=O) groups excluding carboxylic acids is 2. The van der Waals surface area contributed by atoms with Crippen LogP contribution in [-0.4, -0.2) is 55.3 Å². The van der Waals surface area contributed by atoms with Crippen LogP contribution in [0.2, 0.25) is 0 Å². The molecular weight excluding hydrogens is 310 g/mol. The molecule has 1 aromatic carbocycles. The molecule has 1 amide bonds. The molecule has 0 aliphatic rings. The molecule has 0 radical (unpaired) electrons. The van der Waals surface area contributed by atoms with Gasteiger partial charge < -0.3 is 19.5 Å². The minimum absolute atomic E-state index is 0.141. The van der Waals surface area contributed by atoms with Gasteiger partial charge in [-0.25, -0.2) is 0 Å². The smallest absolute Gasteiger partial charge is 0.310 e. The second-order valence-corrected chi connectivity index (χ2v) is 5.63. The molecule has 1 aromatic rings. The van der Waals surface area contributed by atoms with Crippen LogP contribution >= 0.6 is 0 Å². The molecule has 1 N–H and O–H groups in total. The third-order valence-corrected chi connectivity index (χ3v) is 3.41. The molecule has 6 heteroatoms. The summed E-state index contributed by atoms with van der Waals surface area (Å²) in [6.45, 7) is 3.59. The lowest BCUT2D eigenvalue weighted by Gasteiger charge is -2.25. The van der Waals surface area contributed by atoms with E-state index in [1.54, 1.807) is 33.1 Å². The van der Waals surface area contributed by atoms with Crippen molar-refractivity contribution < 1.29 is 24.2 Å². The monoisotopic (exact) mass is 335 g/mol. The highest BCUT2D eigenvalue weighted by molar-refractivity contribution is 5.92. The Morgan fingerprint density at radius 1 is 1.25 bits per heavy atom. The van der Waals surface area contributed by atoms with Gasteiger partial charge >= 0.3 is 5.97 Å². The van der Waals surface area contributed by atoms with Crippen LogP contribution in [0.5, 0.6) is 5.75 Å². The van der Waals surface area contributed by atoms with E-state index in [4.69, 9.17) is 4.74 Å². The Morgan fingerprint density at radius 2 is 1.96 bits per heavy atom. The third kappa shape index (κ3) is 6.42. The summed E-state index contributed by atoms with van der Waals surface area (Å²) in [7, 11) is 2.88. The lowest BCUT2D eigenvalue weighted by molar-refractivity contribution is -0.146. The topological polar surface area (TPSA) is 76.1 Å². The average molecular weight is 335 g/mol. The number of hydrogen-bond acceptors (Lipinski definition) is 5. The van der Waals surface area contributed by atoms with E-state index in [1.165, 1.54) is 18.1 Å². The summed E-state index contributed by atoms with van der Waals surface area (Å²) in [5, 5.41) is 9.58. The number of ether oxygens (including phenoxy) is 2. The highest BCUT2D eigenvalue weighted by Gasteiger charge is 2.21. The van der Waals surface area contributed by atoms with Gasteiger partial charge in [-0.1, -0.05) is 19.1 Å². The molecule has 132 valence electrons. The number of amides is 1. The molecule has 2 atom stereocenters. The molecule has 0 fully saturated rings. The van der Waals surface area contributed by atoms with Crippen molar-refractivity contribution in [2.45, 2.75) is 20.0 Å². The van der Waals surface area contributed by atoms with E-state index >= 15 is 0 Å². The van der Waals surface area contributed by atoms with E-state index in [2.05, 4.69) is 4.74 Å². The van der Waals surface area contributed by atoms with Crippen LogP contribution in [-0.2, 0) is 14.3 Å². The fourth-order valence-electron chi connectivity index (χ4n) is 2.20. The number of methoxy groups -OCH3 is 2. The maximum Gasteiger partial charge on any atom is 0.310 e. The Kier molecular flexibility index (Phi) is 7.98. The van der Waals surface area contributed by atoms with Crippen molar-refractivity contribution in [1.82, 2.24) is 4.90 Å². The summed E-state index contributed by atoms with van der Waals surface area (Å²) in [5.41, 5.74) is 0.820. The van der Waals surface area contributed by atoms with Crippen molar-refractivity contribution in [2.24, 2.45) is 5.92 Å². The van der Waals surface area contributed by atoms with Crippen LogP contribution < -0.4 is 4.74 Å². The van der Waals surface area contributed by atoms with Gasteiger partial charge in [-0.2, -0.15) is 0 Å². The fourth-order valence-corrected chi connectivity index (χ4v) is 2.20. The molecule has 0 spiro atoms. The first kappa shape index (κ1) is 19.7. The van der Waals surface area contributed by atoms with Crippen LogP contribution in [0.3, 0.4) is 0 Å². The quantitative estimate of drug-likeness (QED) is 0.578. The van der Waals surface area contributed by atoms with Crippen LogP contribution in [0.1, 0.15) is 19.4 Å². The maximum absolute atomic E-state index is 12.4. The molecule has 0 aliphatic heterocycles. The molecule has 2 unspecified atom stereocenters. The van der Waals surface area contributed by atoms with Crippen molar-refractivity contribution in [3.63, 3.8) is 0 Å². The van der Waals surface area contributed by atoms with Crippen molar-refractivity contribution >= 4 is 18.0 Å². The Morgan fingerprint density at radius 3 is 2.54 bits per heavy atom. The largest absolute Gasteiger partial charge is 0.497 e. The van der Waals surface area contributed by atoms with Crippen molar-refractivity contribution in [3.05, 3.63) is 35.9 Å². The first-order chi connectivity index (χ1) is 11.4. The number of aliphatic hydroxyl groups is 1. The number of aliphatic hydroxyl groups excluding tert-OH is 1. The Labute approximate surface area is 142 Å². The lowest BCUT2D eigenvalue weighted by Crippen LogP contribution is -2.40. The van der Waals surface area contributed by atoms with Crippen LogP contribution in [0.25, 0.3) is 6.08 Å². The first-order valence-corrected chi connectivity index (χ1v) is 7.74.